The lowest BCUT2D eigenvalue weighted by molar-refractivity contribution is 0.0546. The van der Waals surface area contributed by atoms with Crippen LogP contribution in [0.1, 0.15) is 26.2 Å². The van der Waals surface area contributed by atoms with Crippen molar-refractivity contribution in [1.29, 1.82) is 0 Å². The van der Waals surface area contributed by atoms with E-state index in [-0.39, 0.29) is 6.54 Å². The van der Waals surface area contributed by atoms with Crippen LogP contribution in [0.5, 0.6) is 0 Å². The zero-order valence-corrected chi connectivity index (χ0v) is 6.89. The monoisotopic (exact) mass is 163 g/mol. The molecule has 0 amide bonds. The lowest BCUT2D eigenvalue weighted by Crippen LogP contribution is -2.40. The van der Waals surface area contributed by atoms with Gasteiger partial charge < -0.3 is 0 Å². The van der Waals surface area contributed by atoms with Crippen LogP contribution >= 0.6 is 0 Å². The molecule has 66 valence electrons. The van der Waals surface area contributed by atoms with Crippen LogP contribution in [0.4, 0.5) is 8.78 Å². The number of hydrogen-bond donors (Lipinski definition) is 0. The van der Waals surface area contributed by atoms with E-state index >= 15 is 0 Å². The summed E-state index contributed by atoms with van der Waals surface area (Å²) in [4.78, 5) is 1.88. The maximum atomic E-state index is 12.0. The van der Waals surface area contributed by atoms with E-state index in [2.05, 4.69) is 0 Å². The highest BCUT2D eigenvalue weighted by atomic mass is 19.3. The summed E-state index contributed by atoms with van der Waals surface area (Å²) >= 11 is 0. The average molecular weight is 163 g/mol. The fraction of sp³-hybridized carbons (Fsp3) is 1.00. The van der Waals surface area contributed by atoms with Gasteiger partial charge in [0.1, 0.15) is 0 Å². The molecule has 0 aromatic heterocycles. The third kappa shape index (κ3) is 2.73. The Balaban J connectivity index is 2.29. The SMILES string of the molecule is CC1CCCCN1CC(F)F. The zero-order valence-electron chi connectivity index (χ0n) is 6.89. The first-order chi connectivity index (χ1) is 5.20. The molecule has 0 spiro atoms. The molecule has 0 aromatic carbocycles. The summed E-state index contributed by atoms with van der Waals surface area (Å²) in [6.45, 7) is 2.84. The fourth-order valence-corrected chi connectivity index (χ4v) is 1.61. The lowest BCUT2D eigenvalue weighted by atomic mass is 10.0. The molecule has 1 aliphatic rings. The Labute approximate surface area is 66.4 Å². The van der Waals surface area contributed by atoms with Crippen molar-refractivity contribution in [3.63, 3.8) is 0 Å². The summed E-state index contributed by atoms with van der Waals surface area (Å²) in [7, 11) is 0. The van der Waals surface area contributed by atoms with Gasteiger partial charge in [0.05, 0.1) is 6.54 Å². The van der Waals surface area contributed by atoms with Crippen molar-refractivity contribution in [1.82, 2.24) is 4.90 Å². The van der Waals surface area contributed by atoms with Gasteiger partial charge in [-0.3, -0.25) is 4.90 Å². The van der Waals surface area contributed by atoms with Gasteiger partial charge in [-0.2, -0.15) is 0 Å². The molecule has 0 aromatic rings. The Morgan fingerprint density at radius 2 is 2.18 bits per heavy atom. The minimum Gasteiger partial charge on any atom is -0.295 e. The van der Waals surface area contributed by atoms with E-state index in [4.69, 9.17) is 0 Å². The molecule has 1 rings (SSSR count). The van der Waals surface area contributed by atoms with Gasteiger partial charge in [-0.05, 0) is 26.3 Å². The number of alkyl halides is 2. The third-order valence-electron chi connectivity index (χ3n) is 2.31. The van der Waals surface area contributed by atoms with Gasteiger partial charge in [0.25, 0.3) is 6.43 Å². The second-order valence-electron chi connectivity index (χ2n) is 3.23. The molecule has 0 radical (unpaired) electrons. The normalized spacial score (nSPS) is 27.8. The number of halogens is 2. The van der Waals surface area contributed by atoms with E-state index < -0.39 is 6.43 Å². The van der Waals surface area contributed by atoms with Gasteiger partial charge in [-0.25, -0.2) is 8.78 Å². The van der Waals surface area contributed by atoms with Crippen LogP contribution in [0.2, 0.25) is 0 Å². The molecular formula is C8H15F2N. The van der Waals surface area contributed by atoms with E-state index in [9.17, 15) is 8.78 Å². The van der Waals surface area contributed by atoms with Crippen molar-refractivity contribution in [2.75, 3.05) is 13.1 Å². The van der Waals surface area contributed by atoms with E-state index in [1.807, 2.05) is 11.8 Å². The Kier molecular flexibility index (Phi) is 3.24. The molecule has 0 bridgehead atoms. The molecule has 11 heavy (non-hydrogen) atoms. The zero-order chi connectivity index (χ0) is 8.27. The second-order valence-corrected chi connectivity index (χ2v) is 3.23. The molecule has 1 atom stereocenters. The molecule has 3 heteroatoms. The largest absolute Gasteiger partial charge is 0.295 e. The lowest BCUT2D eigenvalue weighted by Gasteiger charge is -2.32. The number of nitrogens with zero attached hydrogens (tertiary/aromatic N) is 1. The molecule has 1 heterocycles. The average Bonchev–Trinajstić information content (AvgIpc) is 1.93. The van der Waals surface area contributed by atoms with E-state index in [1.165, 1.54) is 6.42 Å². The Hall–Kier alpha value is -0.180. The van der Waals surface area contributed by atoms with Crippen LogP contribution in [-0.2, 0) is 0 Å². The summed E-state index contributed by atoms with van der Waals surface area (Å²) in [5.74, 6) is 0. The summed E-state index contributed by atoms with van der Waals surface area (Å²) in [5, 5.41) is 0. The molecule has 1 unspecified atom stereocenters. The molecule has 1 nitrogen and oxygen atoms in total. The minimum atomic E-state index is -2.17. The van der Waals surface area contributed by atoms with Crippen LogP contribution in [-0.4, -0.2) is 30.5 Å². The van der Waals surface area contributed by atoms with E-state index in [0.717, 1.165) is 19.4 Å². The van der Waals surface area contributed by atoms with E-state index in [0.29, 0.717) is 6.04 Å². The Bertz CT molecular complexity index is 117. The van der Waals surface area contributed by atoms with Crippen molar-refractivity contribution in [2.24, 2.45) is 0 Å². The smallest absolute Gasteiger partial charge is 0.251 e. The van der Waals surface area contributed by atoms with Crippen molar-refractivity contribution in [2.45, 2.75) is 38.7 Å². The van der Waals surface area contributed by atoms with Crippen LogP contribution in [0.15, 0.2) is 0 Å². The first-order valence-corrected chi connectivity index (χ1v) is 4.22. The van der Waals surface area contributed by atoms with Crippen molar-refractivity contribution in [3.8, 4) is 0 Å². The molecule has 0 aliphatic carbocycles. The van der Waals surface area contributed by atoms with Crippen LogP contribution in [0, 0.1) is 0 Å². The summed E-state index contributed by atoms with van der Waals surface area (Å²) < 4.78 is 23.9. The van der Waals surface area contributed by atoms with Crippen molar-refractivity contribution in [3.05, 3.63) is 0 Å². The highest BCUT2D eigenvalue weighted by Crippen LogP contribution is 2.16. The van der Waals surface area contributed by atoms with Crippen LogP contribution < -0.4 is 0 Å². The summed E-state index contributed by atoms with van der Waals surface area (Å²) in [6, 6.07) is 0.359. The van der Waals surface area contributed by atoms with Crippen molar-refractivity contribution < 1.29 is 8.78 Å². The number of likely N-dealkylation sites (tertiary alicyclic amines) is 1. The fourth-order valence-electron chi connectivity index (χ4n) is 1.61. The van der Waals surface area contributed by atoms with Crippen LogP contribution in [0.3, 0.4) is 0 Å². The topological polar surface area (TPSA) is 3.24 Å². The maximum absolute atomic E-state index is 12.0. The van der Waals surface area contributed by atoms with Crippen molar-refractivity contribution >= 4 is 0 Å². The minimum absolute atomic E-state index is 0.0405. The first kappa shape index (κ1) is 8.91. The van der Waals surface area contributed by atoms with Gasteiger partial charge >= 0.3 is 0 Å². The predicted octanol–water partition coefficient (Wildman–Crippen LogP) is 2.13. The molecule has 0 saturated carbocycles. The highest BCUT2D eigenvalue weighted by molar-refractivity contribution is 4.73. The van der Waals surface area contributed by atoms with Gasteiger partial charge in [0.2, 0.25) is 0 Å². The number of rotatable bonds is 2. The highest BCUT2D eigenvalue weighted by Gasteiger charge is 2.20. The molecule has 1 aliphatic heterocycles. The Morgan fingerprint density at radius 1 is 1.45 bits per heavy atom. The summed E-state index contributed by atoms with van der Waals surface area (Å²) in [6.07, 6.45) is 1.18. The Morgan fingerprint density at radius 3 is 2.73 bits per heavy atom. The standard InChI is InChI=1S/C8H15F2N/c1-7-4-2-3-5-11(7)6-8(9)10/h7-8H,2-6H2,1H3. The van der Waals surface area contributed by atoms with E-state index in [1.54, 1.807) is 0 Å². The maximum Gasteiger partial charge on any atom is 0.251 e. The third-order valence-corrected chi connectivity index (χ3v) is 2.31. The quantitative estimate of drug-likeness (QED) is 0.602. The van der Waals surface area contributed by atoms with Gasteiger partial charge in [0, 0.05) is 6.04 Å². The number of piperidine rings is 1. The second kappa shape index (κ2) is 4.00. The predicted molar refractivity (Wildman–Crippen MR) is 40.9 cm³/mol. The summed E-state index contributed by atoms with van der Waals surface area (Å²) in [5.41, 5.74) is 0. The molecule has 0 N–H and O–H groups in total. The van der Waals surface area contributed by atoms with Gasteiger partial charge in [-0.15, -0.1) is 0 Å². The number of hydrogen-bond acceptors (Lipinski definition) is 1. The molecule has 1 fully saturated rings. The first-order valence-electron chi connectivity index (χ1n) is 4.22. The molecule has 1 saturated heterocycles. The molecular weight excluding hydrogens is 148 g/mol. The van der Waals surface area contributed by atoms with Gasteiger partial charge in [0.15, 0.2) is 0 Å². The van der Waals surface area contributed by atoms with Crippen LogP contribution in [0.25, 0.3) is 0 Å². The van der Waals surface area contributed by atoms with Gasteiger partial charge in [-0.1, -0.05) is 6.42 Å².